The van der Waals surface area contributed by atoms with Crippen LogP contribution in [0.15, 0.2) is 29.1 Å². The van der Waals surface area contributed by atoms with Crippen molar-refractivity contribution in [1.29, 1.82) is 0 Å². The van der Waals surface area contributed by atoms with Gasteiger partial charge in [-0.25, -0.2) is 4.79 Å². The highest BCUT2D eigenvalue weighted by atomic mass is 19.4. The Bertz CT molecular complexity index is 703. The van der Waals surface area contributed by atoms with Crippen molar-refractivity contribution in [2.24, 2.45) is 0 Å². The van der Waals surface area contributed by atoms with E-state index < -0.39 is 35.3 Å². The monoisotopic (exact) mass is 271 g/mol. The topological polar surface area (TPSA) is 70.2 Å². The molecule has 0 aliphatic rings. The molecule has 0 unspecified atom stereocenters. The Morgan fingerprint density at radius 3 is 2.47 bits per heavy atom. The molecule has 0 amide bonds. The molecule has 0 saturated carbocycles. The summed E-state index contributed by atoms with van der Waals surface area (Å²) < 4.78 is 37.2. The van der Waals surface area contributed by atoms with Crippen molar-refractivity contribution in [2.45, 2.75) is 12.6 Å². The molecular formula is C12H8F3NO3. The fourth-order valence-electron chi connectivity index (χ4n) is 1.85. The molecule has 4 nitrogen and oxygen atoms in total. The number of hydrogen-bond acceptors (Lipinski definition) is 2. The molecule has 0 radical (unpaired) electrons. The van der Waals surface area contributed by atoms with E-state index in [1.807, 2.05) is 0 Å². The number of hydrogen-bond donors (Lipinski definition) is 2. The van der Waals surface area contributed by atoms with Crippen molar-refractivity contribution >= 4 is 16.9 Å². The lowest BCUT2D eigenvalue weighted by Crippen LogP contribution is -2.23. The third-order valence-corrected chi connectivity index (χ3v) is 2.58. The summed E-state index contributed by atoms with van der Waals surface area (Å²) in [6.07, 6.45) is -6.09. The van der Waals surface area contributed by atoms with Gasteiger partial charge in [-0.05, 0) is 12.1 Å². The summed E-state index contributed by atoms with van der Waals surface area (Å²) in [4.78, 5) is 25.3. The van der Waals surface area contributed by atoms with Crippen LogP contribution < -0.4 is 5.43 Å². The van der Waals surface area contributed by atoms with Gasteiger partial charge in [0.25, 0.3) is 0 Å². The average molecular weight is 271 g/mol. The molecule has 7 heteroatoms. The molecule has 2 aromatic rings. The lowest BCUT2D eigenvalue weighted by molar-refractivity contribution is -0.127. The van der Waals surface area contributed by atoms with Crippen LogP contribution in [0.2, 0.25) is 0 Å². The maximum atomic E-state index is 12.4. The second-order valence-corrected chi connectivity index (χ2v) is 3.95. The van der Waals surface area contributed by atoms with E-state index in [9.17, 15) is 22.8 Å². The summed E-state index contributed by atoms with van der Waals surface area (Å²) in [5.41, 5.74) is -2.24. The molecule has 0 spiro atoms. The van der Waals surface area contributed by atoms with E-state index in [0.29, 0.717) is 0 Å². The zero-order valence-corrected chi connectivity index (χ0v) is 9.41. The number of para-hydroxylation sites is 1. The SMILES string of the molecule is O=C(O)c1c(CC(F)(F)F)[nH]c2ccccc2c1=O. The van der Waals surface area contributed by atoms with Crippen molar-refractivity contribution in [3.05, 3.63) is 45.7 Å². The van der Waals surface area contributed by atoms with Crippen LogP contribution in [0.3, 0.4) is 0 Å². The van der Waals surface area contributed by atoms with Crippen molar-refractivity contribution < 1.29 is 23.1 Å². The molecule has 0 bridgehead atoms. The summed E-state index contributed by atoms with van der Waals surface area (Å²) in [5, 5.41) is 8.96. The van der Waals surface area contributed by atoms with Crippen LogP contribution >= 0.6 is 0 Å². The zero-order valence-electron chi connectivity index (χ0n) is 9.41. The fraction of sp³-hybridized carbons (Fsp3) is 0.167. The van der Waals surface area contributed by atoms with Gasteiger partial charge in [-0.2, -0.15) is 13.2 Å². The Kier molecular flexibility index (Phi) is 3.05. The van der Waals surface area contributed by atoms with Crippen molar-refractivity contribution in [3.63, 3.8) is 0 Å². The molecule has 1 aromatic carbocycles. The van der Waals surface area contributed by atoms with Crippen molar-refractivity contribution in [3.8, 4) is 0 Å². The Balaban J connectivity index is 2.78. The highest BCUT2D eigenvalue weighted by molar-refractivity contribution is 5.93. The number of aromatic amines is 1. The molecule has 19 heavy (non-hydrogen) atoms. The molecule has 1 aromatic heterocycles. The Labute approximate surface area is 104 Å². The molecule has 0 atom stereocenters. The lowest BCUT2D eigenvalue weighted by atomic mass is 10.1. The van der Waals surface area contributed by atoms with Crippen LogP contribution in [0.1, 0.15) is 16.1 Å². The second-order valence-electron chi connectivity index (χ2n) is 3.95. The average Bonchev–Trinajstić information content (AvgIpc) is 2.26. The van der Waals surface area contributed by atoms with Crippen LogP contribution in [-0.4, -0.2) is 22.2 Å². The van der Waals surface area contributed by atoms with E-state index in [0.717, 1.165) is 0 Å². The van der Waals surface area contributed by atoms with Gasteiger partial charge in [0.05, 0.1) is 6.42 Å². The number of H-pyrrole nitrogens is 1. The van der Waals surface area contributed by atoms with E-state index >= 15 is 0 Å². The standard InChI is InChI=1S/C12H8F3NO3/c13-12(14,15)5-8-9(11(18)19)10(17)6-3-1-2-4-7(6)16-8/h1-4H,5H2,(H,16,17)(H,18,19). The minimum absolute atomic E-state index is 0.0471. The fourth-order valence-corrected chi connectivity index (χ4v) is 1.85. The van der Waals surface area contributed by atoms with Crippen LogP contribution in [0, 0.1) is 0 Å². The number of carboxylic acid groups (broad SMARTS) is 1. The molecular weight excluding hydrogens is 263 g/mol. The van der Waals surface area contributed by atoms with E-state index in [2.05, 4.69) is 4.98 Å². The number of nitrogens with one attached hydrogen (secondary N) is 1. The smallest absolute Gasteiger partial charge is 0.394 e. The van der Waals surface area contributed by atoms with Crippen LogP contribution in [0.5, 0.6) is 0 Å². The highest BCUT2D eigenvalue weighted by Crippen LogP contribution is 2.22. The number of benzene rings is 1. The van der Waals surface area contributed by atoms with E-state index in [-0.39, 0.29) is 10.9 Å². The maximum Gasteiger partial charge on any atom is 0.394 e. The molecule has 0 fully saturated rings. The first-order chi connectivity index (χ1) is 8.79. The van der Waals surface area contributed by atoms with Gasteiger partial charge in [-0.3, -0.25) is 4.79 Å². The van der Waals surface area contributed by atoms with Gasteiger partial charge in [-0.15, -0.1) is 0 Å². The molecule has 0 aliphatic carbocycles. The summed E-state index contributed by atoms with van der Waals surface area (Å²) in [7, 11) is 0. The molecule has 0 aliphatic heterocycles. The minimum atomic E-state index is -4.60. The quantitative estimate of drug-likeness (QED) is 0.880. The predicted octanol–water partition coefficient (Wildman–Crippen LogP) is 2.33. The predicted molar refractivity (Wildman–Crippen MR) is 61.3 cm³/mol. The highest BCUT2D eigenvalue weighted by Gasteiger charge is 2.32. The van der Waals surface area contributed by atoms with E-state index in [1.54, 1.807) is 0 Å². The van der Waals surface area contributed by atoms with Gasteiger partial charge < -0.3 is 10.1 Å². The summed E-state index contributed by atoms with van der Waals surface area (Å²) in [5.74, 6) is -1.67. The number of halogens is 3. The maximum absolute atomic E-state index is 12.4. The third kappa shape index (κ3) is 2.59. The van der Waals surface area contributed by atoms with Gasteiger partial charge in [0.1, 0.15) is 5.56 Å². The van der Waals surface area contributed by atoms with Gasteiger partial charge >= 0.3 is 12.1 Å². The number of aromatic nitrogens is 1. The molecule has 1 heterocycles. The number of rotatable bonds is 2. The second kappa shape index (κ2) is 4.42. The normalized spacial score (nSPS) is 11.7. The van der Waals surface area contributed by atoms with E-state index in [1.165, 1.54) is 24.3 Å². The van der Waals surface area contributed by atoms with Crippen LogP contribution in [-0.2, 0) is 6.42 Å². The summed E-state index contributed by atoms with van der Waals surface area (Å²) in [6, 6.07) is 5.82. The summed E-state index contributed by atoms with van der Waals surface area (Å²) >= 11 is 0. The Morgan fingerprint density at radius 1 is 1.26 bits per heavy atom. The van der Waals surface area contributed by atoms with Gasteiger partial charge in [-0.1, -0.05) is 12.1 Å². The number of pyridine rings is 1. The first-order valence-electron chi connectivity index (χ1n) is 5.23. The third-order valence-electron chi connectivity index (χ3n) is 2.58. The molecule has 0 saturated heterocycles. The van der Waals surface area contributed by atoms with Gasteiger partial charge in [0, 0.05) is 16.6 Å². The minimum Gasteiger partial charge on any atom is -0.477 e. The largest absolute Gasteiger partial charge is 0.477 e. The zero-order chi connectivity index (χ0) is 14.2. The first-order valence-corrected chi connectivity index (χ1v) is 5.23. The lowest BCUT2D eigenvalue weighted by Gasteiger charge is -2.10. The first kappa shape index (κ1) is 13.1. The van der Waals surface area contributed by atoms with E-state index in [4.69, 9.17) is 5.11 Å². The van der Waals surface area contributed by atoms with Gasteiger partial charge in [0.2, 0.25) is 5.43 Å². The number of carbonyl (C=O) groups is 1. The van der Waals surface area contributed by atoms with Crippen LogP contribution in [0.4, 0.5) is 13.2 Å². The molecule has 2 N–H and O–H groups in total. The van der Waals surface area contributed by atoms with Gasteiger partial charge in [0.15, 0.2) is 0 Å². The van der Waals surface area contributed by atoms with Crippen LogP contribution in [0.25, 0.3) is 10.9 Å². The van der Waals surface area contributed by atoms with Crippen molar-refractivity contribution in [2.75, 3.05) is 0 Å². The number of alkyl halides is 3. The Morgan fingerprint density at radius 2 is 1.89 bits per heavy atom. The Hall–Kier alpha value is -2.31. The molecule has 100 valence electrons. The molecule has 2 rings (SSSR count). The number of carboxylic acids is 1. The number of aromatic carboxylic acids is 1. The summed E-state index contributed by atoms with van der Waals surface area (Å²) in [6.45, 7) is 0. The number of fused-ring (bicyclic) bond motifs is 1. The van der Waals surface area contributed by atoms with Crippen molar-refractivity contribution in [1.82, 2.24) is 4.98 Å².